The molecule has 0 radical (unpaired) electrons. The maximum absolute atomic E-state index is 13.0. The number of likely N-dealkylation sites (N-methyl/N-ethyl adjacent to an activating group) is 1. The first-order valence-electron chi connectivity index (χ1n) is 5.55. The van der Waals surface area contributed by atoms with Gasteiger partial charge in [-0.15, -0.1) is 0 Å². The van der Waals surface area contributed by atoms with E-state index in [1.807, 2.05) is 0 Å². The van der Waals surface area contributed by atoms with Gasteiger partial charge in [0.05, 0.1) is 11.4 Å². The third-order valence-corrected chi connectivity index (χ3v) is 4.66. The summed E-state index contributed by atoms with van der Waals surface area (Å²) < 4.78 is 38.8. The van der Waals surface area contributed by atoms with Crippen LogP contribution in [0.3, 0.4) is 0 Å². The Morgan fingerprint density at radius 1 is 1.53 bits per heavy atom. The smallest absolute Gasteiger partial charge is 0.243 e. The van der Waals surface area contributed by atoms with Crippen molar-refractivity contribution in [3.05, 3.63) is 29.6 Å². The second-order valence-corrected chi connectivity index (χ2v) is 5.84. The lowest BCUT2D eigenvalue weighted by molar-refractivity contribution is 0.315. The van der Waals surface area contributed by atoms with Crippen molar-refractivity contribution >= 4 is 15.9 Å². The molecular formula is C11H16FN3O3S. The first kappa shape index (κ1) is 15.4. The van der Waals surface area contributed by atoms with E-state index in [4.69, 9.17) is 10.9 Å². The van der Waals surface area contributed by atoms with Crippen LogP contribution in [0.4, 0.5) is 4.39 Å². The molecule has 0 saturated carbocycles. The number of nitrogens with zero attached hydrogens (tertiary/aromatic N) is 2. The standard InChI is InChI=1S/C11H16FN3O3S/c1-3-15(7-11(13)14-16)19(17,18)10-5-4-9(12)6-8(10)2/h4-6,16H,3,7H2,1-2H3,(H2,13,14). The number of nitrogens with two attached hydrogens (primary N) is 1. The predicted molar refractivity (Wildman–Crippen MR) is 69.0 cm³/mol. The molecule has 1 aromatic rings. The van der Waals surface area contributed by atoms with Gasteiger partial charge in [-0.25, -0.2) is 12.8 Å². The minimum atomic E-state index is -3.81. The van der Waals surface area contributed by atoms with E-state index in [0.717, 1.165) is 16.4 Å². The minimum absolute atomic E-state index is 0.00138. The molecule has 0 amide bonds. The number of aryl methyl sites for hydroxylation is 1. The van der Waals surface area contributed by atoms with Crippen LogP contribution in [-0.4, -0.2) is 36.9 Å². The van der Waals surface area contributed by atoms with Gasteiger partial charge >= 0.3 is 0 Å². The van der Waals surface area contributed by atoms with Gasteiger partial charge in [-0.3, -0.25) is 0 Å². The molecule has 106 valence electrons. The summed E-state index contributed by atoms with van der Waals surface area (Å²) in [6, 6.07) is 3.43. The number of amidine groups is 1. The Hall–Kier alpha value is -1.67. The summed E-state index contributed by atoms with van der Waals surface area (Å²) in [5.74, 6) is -0.721. The number of halogens is 1. The van der Waals surface area contributed by atoms with Gasteiger partial charge in [0.2, 0.25) is 10.0 Å². The molecule has 0 bridgehead atoms. The Labute approximate surface area is 111 Å². The van der Waals surface area contributed by atoms with Gasteiger partial charge in [-0.2, -0.15) is 4.31 Å². The largest absolute Gasteiger partial charge is 0.409 e. The van der Waals surface area contributed by atoms with Gasteiger partial charge in [0.15, 0.2) is 5.84 Å². The first-order valence-corrected chi connectivity index (χ1v) is 6.99. The third kappa shape index (κ3) is 3.42. The van der Waals surface area contributed by atoms with Gasteiger partial charge in [0.25, 0.3) is 0 Å². The fraction of sp³-hybridized carbons (Fsp3) is 0.364. The highest BCUT2D eigenvalue weighted by Crippen LogP contribution is 2.20. The van der Waals surface area contributed by atoms with E-state index >= 15 is 0 Å². The number of hydrogen-bond acceptors (Lipinski definition) is 4. The molecule has 6 nitrogen and oxygen atoms in total. The number of benzene rings is 1. The highest BCUT2D eigenvalue weighted by molar-refractivity contribution is 7.89. The monoisotopic (exact) mass is 289 g/mol. The van der Waals surface area contributed by atoms with Crippen LogP contribution in [0.1, 0.15) is 12.5 Å². The molecule has 0 saturated heterocycles. The summed E-state index contributed by atoms with van der Waals surface area (Å²) in [5.41, 5.74) is 5.62. The molecule has 1 rings (SSSR count). The highest BCUT2D eigenvalue weighted by atomic mass is 32.2. The van der Waals surface area contributed by atoms with Crippen molar-refractivity contribution < 1.29 is 18.0 Å². The lowest BCUT2D eigenvalue weighted by Gasteiger charge is -2.20. The van der Waals surface area contributed by atoms with Crippen LogP contribution in [0, 0.1) is 12.7 Å². The summed E-state index contributed by atoms with van der Waals surface area (Å²) >= 11 is 0. The SMILES string of the molecule is CCN(CC(N)=NO)S(=O)(=O)c1ccc(F)cc1C. The van der Waals surface area contributed by atoms with Gasteiger partial charge in [-0.05, 0) is 30.7 Å². The van der Waals surface area contributed by atoms with E-state index in [2.05, 4.69) is 5.16 Å². The van der Waals surface area contributed by atoms with Gasteiger partial charge in [0.1, 0.15) is 5.82 Å². The van der Waals surface area contributed by atoms with Crippen molar-refractivity contribution in [2.75, 3.05) is 13.1 Å². The molecular weight excluding hydrogens is 273 g/mol. The zero-order valence-electron chi connectivity index (χ0n) is 10.7. The molecule has 0 aliphatic carbocycles. The molecule has 0 atom stereocenters. The zero-order chi connectivity index (χ0) is 14.6. The Morgan fingerprint density at radius 3 is 2.63 bits per heavy atom. The van der Waals surface area contributed by atoms with Crippen molar-refractivity contribution in [3.8, 4) is 0 Å². The summed E-state index contributed by atoms with van der Waals surface area (Å²) in [7, 11) is -3.81. The third-order valence-electron chi connectivity index (χ3n) is 2.57. The Bertz CT molecular complexity index is 587. The number of oxime groups is 1. The van der Waals surface area contributed by atoms with E-state index in [1.165, 1.54) is 13.0 Å². The Kier molecular flexibility index (Phi) is 4.84. The first-order chi connectivity index (χ1) is 8.82. The molecule has 0 aliphatic rings. The Morgan fingerprint density at radius 2 is 2.16 bits per heavy atom. The topological polar surface area (TPSA) is 96.0 Å². The highest BCUT2D eigenvalue weighted by Gasteiger charge is 2.25. The van der Waals surface area contributed by atoms with Crippen molar-refractivity contribution in [1.82, 2.24) is 4.31 Å². The van der Waals surface area contributed by atoms with E-state index < -0.39 is 15.8 Å². The fourth-order valence-corrected chi connectivity index (χ4v) is 3.25. The molecule has 1 aromatic carbocycles. The Balaban J connectivity index is 3.21. The van der Waals surface area contributed by atoms with Crippen LogP contribution in [0.25, 0.3) is 0 Å². The van der Waals surface area contributed by atoms with Crippen LogP contribution < -0.4 is 5.73 Å². The summed E-state index contributed by atoms with van der Waals surface area (Å²) in [5, 5.41) is 11.2. The van der Waals surface area contributed by atoms with Crippen molar-refractivity contribution in [3.63, 3.8) is 0 Å². The summed E-state index contributed by atoms with van der Waals surface area (Å²) in [4.78, 5) is 0.00138. The molecule has 0 aromatic heterocycles. The molecule has 0 spiro atoms. The molecule has 0 fully saturated rings. The fourth-order valence-electron chi connectivity index (χ4n) is 1.62. The predicted octanol–water partition coefficient (Wildman–Crippen LogP) is 0.891. The van der Waals surface area contributed by atoms with Crippen LogP contribution in [-0.2, 0) is 10.0 Å². The normalized spacial score (nSPS) is 12.9. The van der Waals surface area contributed by atoms with Crippen LogP contribution >= 0.6 is 0 Å². The molecule has 8 heteroatoms. The van der Waals surface area contributed by atoms with Gasteiger partial charge < -0.3 is 10.9 Å². The van der Waals surface area contributed by atoms with E-state index in [-0.39, 0.29) is 23.8 Å². The number of sulfonamides is 1. The minimum Gasteiger partial charge on any atom is -0.409 e. The van der Waals surface area contributed by atoms with Crippen LogP contribution in [0.15, 0.2) is 28.3 Å². The van der Waals surface area contributed by atoms with Crippen LogP contribution in [0.5, 0.6) is 0 Å². The number of hydrogen-bond donors (Lipinski definition) is 2. The lowest BCUT2D eigenvalue weighted by Crippen LogP contribution is -2.38. The second kappa shape index (κ2) is 5.98. The average molecular weight is 289 g/mol. The molecule has 3 N–H and O–H groups in total. The average Bonchev–Trinajstić information content (AvgIpc) is 2.34. The quantitative estimate of drug-likeness (QED) is 0.364. The summed E-state index contributed by atoms with van der Waals surface area (Å²) in [6.45, 7) is 3.05. The number of rotatable bonds is 5. The van der Waals surface area contributed by atoms with E-state index in [0.29, 0.717) is 5.56 Å². The maximum Gasteiger partial charge on any atom is 0.243 e. The molecule has 0 unspecified atom stereocenters. The maximum atomic E-state index is 13.0. The van der Waals surface area contributed by atoms with Crippen molar-refractivity contribution in [2.24, 2.45) is 10.9 Å². The lowest BCUT2D eigenvalue weighted by atomic mass is 10.2. The second-order valence-electron chi connectivity index (χ2n) is 3.93. The van der Waals surface area contributed by atoms with E-state index in [9.17, 15) is 12.8 Å². The van der Waals surface area contributed by atoms with Gasteiger partial charge in [-0.1, -0.05) is 12.1 Å². The van der Waals surface area contributed by atoms with E-state index in [1.54, 1.807) is 6.92 Å². The van der Waals surface area contributed by atoms with Crippen molar-refractivity contribution in [2.45, 2.75) is 18.7 Å². The zero-order valence-corrected chi connectivity index (χ0v) is 11.5. The van der Waals surface area contributed by atoms with Crippen molar-refractivity contribution in [1.29, 1.82) is 0 Å². The van der Waals surface area contributed by atoms with Crippen LogP contribution in [0.2, 0.25) is 0 Å². The molecule has 0 heterocycles. The molecule has 0 aliphatic heterocycles. The van der Waals surface area contributed by atoms with Gasteiger partial charge in [0, 0.05) is 6.54 Å². The summed E-state index contributed by atoms with van der Waals surface area (Å²) in [6.07, 6.45) is 0. The molecule has 19 heavy (non-hydrogen) atoms.